The van der Waals surface area contributed by atoms with Crippen LogP contribution in [0.25, 0.3) is 10.9 Å². The first-order valence-corrected chi connectivity index (χ1v) is 4.66. The molecule has 0 fully saturated rings. The zero-order chi connectivity index (χ0) is 9.42. The van der Waals surface area contributed by atoms with Crippen molar-refractivity contribution in [2.75, 3.05) is 0 Å². The van der Waals surface area contributed by atoms with Gasteiger partial charge in [-0.2, -0.15) is 0 Å². The van der Waals surface area contributed by atoms with Gasteiger partial charge in [-0.15, -0.1) is 0 Å². The van der Waals surface area contributed by atoms with Crippen molar-refractivity contribution in [1.82, 2.24) is 4.98 Å². The number of hydrogen-bond acceptors (Lipinski definition) is 1. The maximum absolute atomic E-state index is 6.06. The molecule has 0 spiro atoms. The monoisotopic (exact) mass is 211 g/mol. The summed E-state index contributed by atoms with van der Waals surface area (Å²) in [4.78, 5) is 4.32. The second-order valence-electron chi connectivity index (χ2n) is 2.84. The maximum atomic E-state index is 6.06. The summed E-state index contributed by atoms with van der Waals surface area (Å²) in [5.41, 5.74) is 1.65. The number of nitrogens with zero attached hydrogens (tertiary/aromatic N) is 1. The van der Waals surface area contributed by atoms with E-state index in [1.165, 1.54) is 0 Å². The largest absolute Gasteiger partial charge is 0.251 e. The van der Waals surface area contributed by atoms with E-state index in [-0.39, 0.29) is 0 Å². The lowest BCUT2D eigenvalue weighted by Crippen LogP contribution is -1.86. The van der Waals surface area contributed by atoms with Crippen LogP contribution in [0.4, 0.5) is 0 Å². The molecule has 0 aliphatic rings. The Hall–Kier alpha value is -0.790. The highest BCUT2D eigenvalue weighted by atomic mass is 35.5. The average molecular weight is 212 g/mol. The summed E-state index contributed by atoms with van der Waals surface area (Å²) >= 11 is 12.0. The van der Waals surface area contributed by atoms with Crippen LogP contribution in [0, 0.1) is 6.92 Å². The van der Waals surface area contributed by atoms with E-state index >= 15 is 0 Å². The summed E-state index contributed by atoms with van der Waals surface area (Å²) in [7, 11) is 0. The number of rotatable bonds is 0. The van der Waals surface area contributed by atoms with Gasteiger partial charge in [-0.3, -0.25) is 4.98 Å². The van der Waals surface area contributed by atoms with E-state index in [1.54, 1.807) is 0 Å². The molecule has 0 amide bonds. The smallest absolute Gasteiger partial charge is 0.0811 e. The molecule has 0 saturated heterocycles. The Labute approximate surface area is 86.3 Å². The van der Waals surface area contributed by atoms with E-state index in [1.807, 2.05) is 31.2 Å². The second-order valence-corrected chi connectivity index (χ2v) is 3.60. The zero-order valence-electron chi connectivity index (χ0n) is 7.01. The minimum Gasteiger partial charge on any atom is -0.251 e. The number of para-hydroxylation sites is 1. The zero-order valence-corrected chi connectivity index (χ0v) is 8.52. The van der Waals surface area contributed by atoms with Gasteiger partial charge in [-0.25, -0.2) is 0 Å². The summed E-state index contributed by atoms with van der Waals surface area (Å²) in [5, 5.41) is 2.03. The molecular formula is C10H7Cl2N. The second kappa shape index (κ2) is 3.17. The van der Waals surface area contributed by atoms with Crippen LogP contribution >= 0.6 is 23.2 Å². The molecule has 66 valence electrons. The van der Waals surface area contributed by atoms with Gasteiger partial charge in [0.15, 0.2) is 0 Å². The van der Waals surface area contributed by atoms with Crippen LogP contribution in [0.1, 0.15) is 5.69 Å². The molecule has 1 aromatic carbocycles. The molecule has 1 nitrogen and oxygen atoms in total. The first-order chi connectivity index (χ1) is 6.20. The van der Waals surface area contributed by atoms with E-state index in [4.69, 9.17) is 23.2 Å². The van der Waals surface area contributed by atoms with Gasteiger partial charge in [-0.05, 0) is 13.0 Å². The van der Waals surface area contributed by atoms with Crippen LogP contribution in [-0.4, -0.2) is 4.98 Å². The molecule has 0 unspecified atom stereocenters. The molecule has 0 atom stereocenters. The minimum atomic E-state index is 0.542. The Balaban J connectivity index is 2.94. The lowest BCUT2D eigenvalue weighted by Gasteiger charge is -2.04. The van der Waals surface area contributed by atoms with Gasteiger partial charge in [0.2, 0.25) is 0 Å². The molecule has 0 bridgehead atoms. The molecule has 0 aliphatic carbocycles. The van der Waals surface area contributed by atoms with Crippen molar-refractivity contribution in [3.63, 3.8) is 0 Å². The molecule has 1 heterocycles. The van der Waals surface area contributed by atoms with Crippen LogP contribution in [0.5, 0.6) is 0 Å². The summed E-state index contributed by atoms with van der Waals surface area (Å²) < 4.78 is 0. The summed E-state index contributed by atoms with van der Waals surface area (Å²) in [6.07, 6.45) is 0. The van der Waals surface area contributed by atoms with Crippen LogP contribution in [0.15, 0.2) is 24.3 Å². The Morgan fingerprint density at radius 2 is 1.77 bits per heavy atom. The molecule has 3 heteroatoms. The first-order valence-electron chi connectivity index (χ1n) is 3.90. The van der Waals surface area contributed by atoms with Crippen LogP contribution < -0.4 is 0 Å². The van der Waals surface area contributed by atoms with E-state index in [0.717, 1.165) is 16.6 Å². The molecule has 0 radical (unpaired) electrons. The van der Waals surface area contributed by atoms with Crippen LogP contribution in [0.3, 0.4) is 0 Å². The van der Waals surface area contributed by atoms with Crippen molar-refractivity contribution in [2.24, 2.45) is 0 Å². The van der Waals surface area contributed by atoms with Gasteiger partial charge >= 0.3 is 0 Å². The fourth-order valence-electron chi connectivity index (χ4n) is 1.26. The Bertz CT molecular complexity index is 466. The topological polar surface area (TPSA) is 12.9 Å². The standard InChI is InChI=1S/C10H7Cl2N/c1-6-9(11)10(12)7-4-2-3-5-8(7)13-6/h2-5H,1H3. The number of fused-ring (bicyclic) bond motifs is 1. The predicted octanol–water partition coefficient (Wildman–Crippen LogP) is 3.85. The number of benzene rings is 1. The number of aryl methyl sites for hydroxylation is 1. The highest BCUT2D eigenvalue weighted by molar-refractivity contribution is 6.45. The van der Waals surface area contributed by atoms with E-state index in [9.17, 15) is 0 Å². The molecule has 0 N–H and O–H groups in total. The van der Waals surface area contributed by atoms with Crippen LogP contribution in [0.2, 0.25) is 10.0 Å². The lowest BCUT2D eigenvalue weighted by atomic mass is 10.2. The maximum Gasteiger partial charge on any atom is 0.0811 e. The van der Waals surface area contributed by atoms with Crippen molar-refractivity contribution in [3.8, 4) is 0 Å². The molecule has 2 aromatic rings. The SMILES string of the molecule is Cc1nc2ccccc2c(Cl)c1Cl. The normalized spacial score (nSPS) is 10.7. The highest BCUT2D eigenvalue weighted by Crippen LogP contribution is 2.31. The third-order valence-corrected chi connectivity index (χ3v) is 2.89. The fraction of sp³-hybridized carbons (Fsp3) is 0.100. The highest BCUT2D eigenvalue weighted by Gasteiger charge is 2.07. The molecule has 2 rings (SSSR count). The van der Waals surface area contributed by atoms with Crippen molar-refractivity contribution >= 4 is 34.1 Å². The number of hydrogen-bond donors (Lipinski definition) is 0. The van der Waals surface area contributed by atoms with E-state index in [0.29, 0.717) is 10.0 Å². The number of aromatic nitrogens is 1. The quantitative estimate of drug-likeness (QED) is 0.646. The Morgan fingerprint density at radius 3 is 2.54 bits per heavy atom. The molecule has 13 heavy (non-hydrogen) atoms. The van der Waals surface area contributed by atoms with Gasteiger partial charge in [-0.1, -0.05) is 41.4 Å². The van der Waals surface area contributed by atoms with E-state index in [2.05, 4.69) is 4.98 Å². The van der Waals surface area contributed by atoms with Gasteiger partial charge in [0, 0.05) is 5.39 Å². The third kappa shape index (κ3) is 1.38. The summed E-state index contributed by atoms with van der Waals surface area (Å²) in [5.74, 6) is 0. The van der Waals surface area contributed by atoms with Crippen molar-refractivity contribution in [3.05, 3.63) is 40.0 Å². The van der Waals surface area contributed by atoms with Gasteiger partial charge in [0.1, 0.15) is 0 Å². The predicted molar refractivity (Wildman–Crippen MR) is 56.5 cm³/mol. The fourth-order valence-corrected chi connectivity index (χ4v) is 1.70. The Kier molecular flexibility index (Phi) is 2.14. The lowest BCUT2D eigenvalue weighted by molar-refractivity contribution is 1.26. The third-order valence-electron chi connectivity index (χ3n) is 1.94. The van der Waals surface area contributed by atoms with Crippen molar-refractivity contribution < 1.29 is 0 Å². The number of halogens is 2. The molecule has 1 aromatic heterocycles. The Morgan fingerprint density at radius 1 is 1.08 bits per heavy atom. The van der Waals surface area contributed by atoms with Crippen molar-refractivity contribution in [2.45, 2.75) is 6.92 Å². The van der Waals surface area contributed by atoms with Gasteiger partial charge in [0.25, 0.3) is 0 Å². The molecule has 0 aliphatic heterocycles. The average Bonchev–Trinajstić information content (AvgIpc) is 2.15. The minimum absolute atomic E-state index is 0.542. The molecule has 0 saturated carbocycles. The van der Waals surface area contributed by atoms with Gasteiger partial charge < -0.3 is 0 Å². The first kappa shape index (κ1) is 8.79. The summed E-state index contributed by atoms with van der Waals surface area (Å²) in [6.45, 7) is 1.85. The van der Waals surface area contributed by atoms with Crippen LogP contribution in [-0.2, 0) is 0 Å². The van der Waals surface area contributed by atoms with Gasteiger partial charge in [0.05, 0.1) is 21.3 Å². The van der Waals surface area contributed by atoms with E-state index < -0.39 is 0 Å². The summed E-state index contributed by atoms with van der Waals surface area (Å²) in [6, 6.07) is 7.68. The van der Waals surface area contributed by atoms with Crippen molar-refractivity contribution in [1.29, 1.82) is 0 Å². The molecular weight excluding hydrogens is 205 g/mol. The number of pyridine rings is 1.